The number of hydrogen-bond donors (Lipinski definition) is 1. The number of nitrogens with one attached hydrogen (secondary N) is 1. The summed E-state index contributed by atoms with van der Waals surface area (Å²) in [6.45, 7) is 8.56. The first-order valence-corrected chi connectivity index (χ1v) is 7.20. The van der Waals surface area contributed by atoms with Gasteiger partial charge in [0.1, 0.15) is 0 Å². The molecule has 0 spiro atoms. The zero-order valence-electron chi connectivity index (χ0n) is 12.9. The highest BCUT2D eigenvalue weighted by Crippen LogP contribution is 2.24. The Morgan fingerprint density at radius 1 is 1.20 bits per heavy atom. The molecule has 0 fully saturated rings. The second-order valence-corrected chi connectivity index (χ2v) is 6.39. The van der Waals surface area contributed by atoms with E-state index >= 15 is 0 Å². The van der Waals surface area contributed by atoms with Crippen molar-refractivity contribution >= 4 is 5.71 Å². The highest BCUT2D eigenvalue weighted by Gasteiger charge is 2.16. The van der Waals surface area contributed by atoms with E-state index in [1.807, 2.05) is 6.07 Å². The van der Waals surface area contributed by atoms with Gasteiger partial charge in [-0.15, -0.1) is 0 Å². The second-order valence-electron chi connectivity index (χ2n) is 6.39. The normalized spacial score (nSPS) is 19.1. The van der Waals surface area contributed by atoms with Crippen LogP contribution in [0.5, 0.6) is 0 Å². The van der Waals surface area contributed by atoms with Crippen molar-refractivity contribution in [3.63, 3.8) is 0 Å². The summed E-state index contributed by atoms with van der Waals surface area (Å²) in [5, 5.41) is 4.67. The quantitative estimate of drug-likeness (QED) is 0.639. The molecule has 0 aliphatic heterocycles. The van der Waals surface area contributed by atoms with Gasteiger partial charge in [-0.3, -0.25) is 0 Å². The summed E-state index contributed by atoms with van der Waals surface area (Å²) in [6.07, 6.45) is 7.51. The van der Waals surface area contributed by atoms with Gasteiger partial charge in [0.05, 0.1) is 5.71 Å². The van der Waals surface area contributed by atoms with Gasteiger partial charge in [-0.2, -0.15) is 5.10 Å². The van der Waals surface area contributed by atoms with Gasteiger partial charge in [-0.05, 0) is 33.3 Å². The first-order valence-electron chi connectivity index (χ1n) is 7.20. The van der Waals surface area contributed by atoms with E-state index in [1.165, 1.54) is 11.1 Å². The third kappa shape index (κ3) is 4.09. The van der Waals surface area contributed by atoms with E-state index in [9.17, 15) is 0 Å². The summed E-state index contributed by atoms with van der Waals surface area (Å²) >= 11 is 0. The third-order valence-corrected chi connectivity index (χ3v) is 3.33. The summed E-state index contributed by atoms with van der Waals surface area (Å²) in [5.74, 6) is 0.468. The minimum Gasteiger partial charge on any atom is -0.305 e. The average Bonchev–Trinajstić information content (AvgIpc) is 2.80. The summed E-state index contributed by atoms with van der Waals surface area (Å²) < 4.78 is 0. The molecule has 0 saturated heterocycles. The van der Waals surface area contributed by atoms with Gasteiger partial charge in [0.15, 0.2) is 0 Å². The Morgan fingerprint density at radius 3 is 2.45 bits per heavy atom. The van der Waals surface area contributed by atoms with Gasteiger partial charge in [0.25, 0.3) is 0 Å². The van der Waals surface area contributed by atoms with Crippen LogP contribution in [-0.2, 0) is 0 Å². The van der Waals surface area contributed by atoms with Crippen molar-refractivity contribution in [2.75, 3.05) is 0 Å². The van der Waals surface area contributed by atoms with E-state index in [4.69, 9.17) is 0 Å². The van der Waals surface area contributed by atoms with E-state index < -0.39 is 0 Å². The van der Waals surface area contributed by atoms with Crippen LogP contribution >= 0.6 is 0 Å². The lowest BCUT2D eigenvalue weighted by atomic mass is 9.94. The maximum Gasteiger partial charge on any atom is 0.0684 e. The Hall–Kier alpha value is -1.83. The van der Waals surface area contributed by atoms with E-state index in [2.05, 4.69) is 80.7 Å². The van der Waals surface area contributed by atoms with Crippen LogP contribution < -0.4 is 5.43 Å². The minimum atomic E-state index is -0.0174. The molecule has 1 unspecified atom stereocenters. The largest absolute Gasteiger partial charge is 0.305 e. The average molecular weight is 268 g/mol. The maximum atomic E-state index is 4.67. The monoisotopic (exact) mass is 268 g/mol. The molecule has 1 aromatic rings. The van der Waals surface area contributed by atoms with Crippen LogP contribution in [0.3, 0.4) is 0 Å². The van der Waals surface area contributed by atoms with Gasteiger partial charge in [-0.25, -0.2) is 0 Å². The predicted molar refractivity (Wildman–Crippen MR) is 86.9 cm³/mol. The van der Waals surface area contributed by atoms with Crippen molar-refractivity contribution in [3.05, 3.63) is 59.7 Å². The highest BCUT2D eigenvalue weighted by molar-refractivity contribution is 6.00. The lowest BCUT2D eigenvalue weighted by Crippen LogP contribution is -2.32. The Morgan fingerprint density at radius 2 is 1.90 bits per heavy atom. The second kappa shape index (κ2) is 6.08. The summed E-state index contributed by atoms with van der Waals surface area (Å²) in [5.41, 5.74) is 6.95. The van der Waals surface area contributed by atoms with Crippen molar-refractivity contribution in [1.82, 2.24) is 5.43 Å². The molecule has 1 aliphatic carbocycles. The third-order valence-electron chi connectivity index (χ3n) is 3.33. The fraction of sp³-hybridized carbons (Fsp3) is 0.389. The molecule has 0 bridgehead atoms. The van der Waals surface area contributed by atoms with E-state index in [0.717, 1.165) is 12.1 Å². The standard InChI is InChI=1S/C18H24N2/c1-14-9-8-12-16(14)13-17(19-20-18(2,3)4)15-10-6-5-7-11-15/h5-12,16,20H,13H2,1-4H3. The topological polar surface area (TPSA) is 24.4 Å². The van der Waals surface area contributed by atoms with Crippen LogP contribution in [0.25, 0.3) is 0 Å². The number of hydrazone groups is 1. The molecule has 0 saturated carbocycles. The van der Waals surface area contributed by atoms with Crippen LogP contribution in [0.4, 0.5) is 0 Å². The van der Waals surface area contributed by atoms with Crippen molar-refractivity contribution in [1.29, 1.82) is 0 Å². The van der Waals surface area contributed by atoms with Crippen LogP contribution in [-0.4, -0.2) is 11.3 Å². The number of benzene rings is 1. The zero-order chi connectivity index (χ0) is 14.6. The van der Waals surface area contributed by atoms with E-state index in [1.54, 1.807) is 0 Å². The van der Waals surface area contributed by atoms with Gasteiger partial charge < -0.3 is 5.43 Å². The number of hydrogen-bond acceptors (Lipinski definition) is 2. The molecule has 0 amide bonds. The molecule has 1 atom stereocenters. The molecule has 0 heterocycles. The molecule has 0 radical (unpaired) electrons. The Labute approximate surface area is 122 Å². The number of nitrogens with zero attached hydrogens (tertiary/aromatic N) is 1. The molecule has 1 aliphatic rings. The van der Waals surface area contributed by atoms with Crippen LogP contribution in [0, 0.1) is 5.92 Å². The molecule has 1 aromatic carbocycles. The van der Waals surface area contributed by atoms with Crippen molar-refractivity contribution in [2.24, 2.45) is 11.0 Å². The molecular formula is C18H24N2. The SMILES string of the molecule is CC1=CC=CC1CC(=NNC(C)(C)C)c1ccccc1. The summed E-state index contributed by atoms with van der Waals surface area (Å²) in [6, 6.07) is 10.4. The lowest BCUT2D eigenvalue weighted by Gasteiger charge is -2.20. The molecular weight excluding hydrogens is 244 g/mol. The Bertz CT molecular complexity index is 530. The lowest BCUT2D eigenvalue weighted by molar-refractivity contribution is 0.440. The van der Waals surface area contributed by atoms with E-state index in [0.29, 0.717) is 5.92 Å². The first-order chi connectivity index (χ1) is 9.46. The maximum absolute atomic E-state index is 4.67. The molecule has 1 N–H and O–H groups in total. The smallest absolute Gasteiger partial charge is 0.0684 e. The van der Waals surface area contributed by atoms with Crippen molar-refractivity contribution in [2.45, 2.75) is 39.7 Å². The molecule has 0 aromatic heterocycles. The first kappa shape index (κ1) is 14.6. The number of allylic oxidation sites excluding steroid dienone is 4. The van der Waals surface area contributed by atoms with E-state index in [-0.39, 0.29) is 5.54 Å². The van der Waals surface area contributed by atoms with Gasteiger partial charge >= 0.3 is 0 Å². The summed E-state index contributed by atoms with van der Waals surface area (Å²) in [7, 11) is 0. The van der Waals surface area contributed by atoms with Crippen LogP contribution in [0.2, 0.25) is 0 Å². The predicted octanol–water partition coefficient (Wildman–Crippen LogP) is 4.30. The molecule has 2 heteroatoms. The Balaban J connectivity index is 2.21. The Kier molecular flexibility index (Phi) is 4.43. The highest BCUT2D eigenvalue weighted by atomic mass is 15.3. The molecule has 2 nitrogen and oxygen atoms in total. The van der Waals surface area contributed by atoms with Crippen LogP contribution in [0.15, 0.2) is 59.2 Å². The molecule has 20 heavy (non-hydrogen) atoms. The molecule has 2 rings (SSSR count). The van der Waals surface area contributed by atoms with Gasteiger partial charge in [0.2, 0.25) is 0 Å². The van der Waals surface area contributed by atoms with Crippen LogP contribution in [0.1, 0.15) is 39.7 Å². The summed E-state index contributed by atoms with van der Waals surface area (Å²) in [4.78, 5) is 0. The molecule has 106 valence electrons. The minimum absolute atomic E-state index is 0.0174. The van der Waals surface area contributed by atoms with Crippen molar-refractivity contribution < 1.29 is 0 Å². The zero-order valence-corrected chi connectivity index (χ0v) is 12.9. The van der Waals surface area contributed by atoms with Gasteiger partial charge in [0, 0.05) is 17.9 Å². The van der Waals surface area contributed by atoms with Gasteiger partial charge in [-0.1, -0.05) is 54.1 Å². The van der Waals surface area contributed by atoms with Crippen molar-refractivity contribution in [3.8, 4) is 0 Å². The fourth-order valence-corrected chi connectivity index (χ4v) is 2.15. The fourth-order valence-electron chi connectivity index (χ4n) is 2.15. The number of rotatable bonds is 4.